The zero-order valence-electron chi connectivity index (χ0n) is 12.7. The van der Waals surface area contributed by atoms with Crippen LogP contribution in [-0.2, 0) is 14.3 Å². The number of ether oxygens (including phenoxy) is 2. The third kappa shape index (κ3) is 8.01. The Bertz CT molecular complexity index is 284. The van der Waals surface area contributed by atoms with Crippen LogP contribution >= 0.6 is 0 Å². The molecule has 1 unspecified atom stereocenters. The standard InChI is InChI=1S/C15H28O4/c1-6-7-10-19-14(17)15(4,5)9-8-11-18-13(16)12(2)3/h14,17H,2,6-11H2,1,3-5H3. The molecular formula is C15H28O4. The van der Waals surface area contributed by atoms with E-state index in [4.69, 9.17) is 9.47 Å². The molecule has 0 aromatic carbocycles. The highest BCUT2D eigenvalue weighted by atomic mass is 16.6. The van der Waals surface area contributed by atoms with Gasteiger partial charge in [0.15, 0.2) is 6.29 Å². The van der Waals surface area contributed by atoms with Gasteiger partial charge in [0.05, 0.1) is 6.61 Å². The van der Waals surface area contributed by atoms with Gasteiger partial charge >= 0.3 is 5.97 Å². The van der Waals surface area contributed by atoms with E-state index in [1.807, 2.05) is 13.8 Å². The van der Waals surface area contributed by atoms with Crippen molar-refractivity contribution >= 4 is 5.97 Å². The number of hydrogen-bond acceptors (Lipinski definition) is 4. The van der Waals surface area contributed by atoms with Crippen LogP contribution in [0.2, 0.25) is 0 Å². The SMILES string of the molecule is C=C(C)C(=O)OCCCC(C)(C)C(O)OCCCC. The predicted molar refractivity (Wildman–Crippen MR) is 75.7 cm³/mol. The second-order valence-electron chi connectivity index (χ2n) is 5.59. The zero-order chi connectivity index (χ0) is 14.9. The lowest BCUT2D eigenvalue weighted by molar-refractivity contribution is -0.168. The average molecular weight is 272 g/mol. The number of unbranched alkanes of at least 4 members (excludes halogenated alkanes) is 1. The second kappa shape index (κ2) is 9.10. The molecule has 1 N–H and O–H groups in total. The Morgan fingerprint density at radius 1 is 1.32 bits per heavy atom. The first-order chi connectivity index (χ1) is 8.81. The smallest absolute Gasteiger partial charge is 0.333 e. The summed E-state index contributed by atoms with van der Waals surface area (Å²) in [5.41, 5.74) is 0.0609. The van der Waals surface area contributed by atoms with E-state index in [9.17, 15) is 9.90 Å². The summed E-state index contributed by atoms with van der Waals surface area (Å²) in [4.78, 5) is 11.2. The monoisotopic (exact) mass is 272 g/mol. The summed E-state index contributed by atoms with van der Waals surface area (Å²) >= 11 is 0. The van der Waals surface area contributed by atoms with E-state index < -0.39 is 6.29 Å². The van der Waals surface area contributed by atoms with Crippen molar-refractivity contribution in [3.63, 3.8) is 0 Å². The molecule has 0 aromatic heterocycles. The van der Waals surface area contributed by atoms with Crippen LogP contribution < -0.4 is 0 Å². The van der Waals surface area contributed by atoms with Gasteiger partial charge in [0.25, 0.3) is 0 Å². The number of esters is 1. The molecule has 0 fully saturated rings. The molecule has 0 rings (SSSR count). The number of carbonyl (C=O) groups is 1. The average Bonchev–Trinajstić information content (AvgIpc) is 2.34. The molecule has 0 saturated carbocycles. The van der Waals surface area contributed by atoms with Gasteiger partial charge in [0.2, 0.25) is 0 Å². The fourth-order valence-corrected chi connectivity index (χ4v) is 1.50. The van der Waals surface area contributed by atoms with Crippen LogP contribution in [0.4, 0.5) is 0 Å². The first kappa shape index (κ1) is 18.1. The first-order valence-electron chi connectivity index (χ1n) is 6.93. The molecule has 4 heteroatoms. The van der Waals surface area contributed by atoms with Gasteiger partial charge in [0.1, 0.15) is 0 Å². The molecular weight excluding hydrogens is 244 g/mol. The Morgan fingerprint density at radius 3 is 2.47 bits per heavy atom. The van der Waals surface area contributed by atoms with Crippen LogP contribution in [0, 0.1) is 5.41 Å². The molecule has 0 spiro atoms. The minimum Gasteiger partial charge on any atom is -0.462 e. The second-order valence-corrected chi connectivity index (χ2v) is 5.59. The number of rotatable bonds is 10. The van der Waals surface area contributed by atoms with Crippen molar-refractivity contribution in [1.82, 2.24) is 0 Å². The van der Waals surface area contributed by atoms with Crippen molar-refractivity contribution in [3.8, 4) is 0 Å². The van der Waals surface area contributed by atoms with E-state index in [0.29, 0.717) is 25.2 Å². The molecule has 1 atom stereocenters. The summed E-state index contributed by atoms with van der Waals surface area (Å²) < 4.78 is 10.4. The highest BCUT2D eigenvalue weighted by Gasteiger charge is 2.28. The van der Waals surface area contributed by atoms with Crippen LogP contribution in [0.3, 0.4) is 0 Å². The molecule has 0 aliphatic rings. The molecule has 0 aliphatic carbocycles. The summed E-state index contributed by atoms with van der Waals surface area (Å²) in [6.45, 7) is 12.0. The highest BCUT2D eigenvalue weighted by Crippen LogP contribution is 2.27. The number of hydrogen-bond donors (Lipinski definition) is 1. The number of aliphatic hydroxyl groups is 1. The fraction of sp³-hybridized carbons (Fsp3) is 0.800. The molecule has 0 aromatic rings. The van der Waals surface area contributed by atoms with E-state index in [2.05, 4.69) is 13.5 Å². The number of carbonyl (C=O) groups excluding carboxylic acids is 1. The summed E-state index contributed by atoms with van der Waals surface area (Å²) in [5, 5.41) is 9.96. The summed E-state index contributed by atoms with van der Waals surface area (Å²) in [6, 6.07) is 0. The Labute approximate surface area is 116 Å². The lowest BCUT2D eigenvalue weighted by Gasteiger charge is -2.30. The normalized spacial score (nSPS) is 13.1. The highest BCUT2D eigenvalue weighted by molar-refractivity contribution is 5.86. The van der Waals surface area contributed by atoms with Crippen LogP contribution in [0.5, 0.6) is 0 Å². The molecule has 0 radical (unpaired) electrons. The maximum Gasteiger partial charge on any atom is 0.333 e. The lowest BCUT2D eigenvalue weighted by Crippen LogP contribution is -2.32. The van der Waals surface area contributed by atoms with Crippen LogP contribution in [-0.4, -0.2) is 30.6 Å². The molecule has 0 heterocycles. The number of aliphatic hydroxyl groups excluding tert-OH is 1. The third-order valence-corrected chi connectivity index (χ3v) is 2.99. The Morgan fingerprint density at radius 2 is 1.95 bits per heavy atom. The Hall–Kier alpha value is -0.870. The van der Waals surface area contributed by atoms with Gasteiger partial charge in [-0.25, -0.2) is 4.79 Å². The Kier molecular flexibility index (Phi) is 8.68. The maximum absolute atomic E-state index is 11.2. The molecule has 0 aliphatic heterocycles. The topological polar surface area (TPSA) is 55.8 Å². The van der Waals surface area contributed by atoms with Gasteiger partial charge in [-0.3, -0.25) is 0 Å². The molecule has 0 bridgehead atoms. The zero-order valence-corrected chi connectivity index (χ0v) is 12.7. The minimum absolute atomic E-state index is 0.344. The third-order valence-electron chi connectivity index (χ3n) is 2.99. The minimum atomic E-state index is -0.782. The van der Waals surface area contributed by atoms with Gasteiger partial charge in [-0.05, 0) is 26.2 Å². The van der Waals surface area contributed by atoms with Gasteiger partial charge in [0, 0.05) is 17.6 Å². The van der Waals surface area contributed by atoms with E-state index >= 15 is 0 Å². The molecule has 19 heavy (non-hydrogen) atoms. The molecule has 0 saturated heterocycles. The molecule has 112 valence electrons. The van der Waals surface area contributed by atoms with Crippen LogP contribution in [0.15, 0.2) is 12.2 Å². The van der Waals surface area contributed by atoms with Gasteiger partial charge < -0.3 is 14.6 Å². The summed E-state index contributed by atoms with van der Waals surface area (Å²) in [7, 11) is 0. The first-order valence-corrected chi connectivity index (χ1v) is 6.93. The van der Waals surface area contributed by atoms with Crippen molar-refractivity contribution in [2.24, 2.45) is 5.41 Å². The predicted octanol–water partition coefficient (Wildman–Crippen LogP) is 3.05. The van der Waals surface area contributed by atoms with Crippen molar-refractivity contribution in [3.05, 3.63) is 12.2 Å². The van der Waals surface area contributed by atoms with E-state index in [0.717, 1.165) is 19.3 Å². The van der Waals surface area contributed by atoms with Crippen molar-refractivity contribution in [1.29, 1.82) is 0 Å². The van der Waals surface area contributed by atoms with E-state index in [-0.39, 0.29) is 11.4 Å². The van der Waals surface area contributed by atoms with Crippen LogP contribution in [0.25, 0.3) is 0 Å². The van der Waals surface area contributed by atoms with Crippen molar-refractivity contribution < 1.29 is 19.4 Å². The van der Waals surface area contributed by atoms with Gasteiger partial charge in [-0.15, -0.1) is 0 Å². The largest absolute Gasteiger partial charge is 0.462 e. The lowest BCUT2D eigenvalue weighted by atomic mass is 9.87. The van der Waals surface area contributed by atoms with Crippen molar-refractivity contribution in [2.45, 2.75) is 59.7 Å². The summed E-state index contributed by atoms with van der Waals surface area (Å²) in [6.07, 6.45) is 2.63. The summed E-state index contributed by atoms with van der Waals surface area (Å²) in [5.74, 6) is -0.363. The van der Waals surface area contributed by atoms with Crippen LogP contribution in [0.1, 0.15) is 53.4 Å². The molecule has 4 nitrogen and oxygen atoms in total. The fourth-order valence-electron chi connectivity index (χ4n) is 1.50. The van der Waals surface area contributed by atoms with E-state index in [1.54, 1.807) is 6.92 Å². The quantitative estimate of drug-likeness (QED) is 0.287. The van der Waals surface area contributed by atoms with Crippen molar-refractivity contribution in [2.75, 3.05) is 13.2 Å². The molecule has 0 amide bonds. The van der Waals surface area contributed by atoms with E-state index in [1.165, 1.54) is 0 Å². The Balaban J connectivity index is 3.88. The maximum atomic E-state index is 11.2. The van der Waals surface area contributed by atoms with Gasteiger partial charge in [-0.1, -0.05) is 33.8 Å². The van der Waals surface area contributed by atoms with Gasteiger partial charge in [-0.2, -0.15) is 0 Å².